The fraction of sp³-hybridized carbons (Fsp3) is 0.500. The Bertz CT molecular complexity index is 158. The molecule has 62 valence electrons. The van der Waals surface area contributed by atoms with Gasteiger partial charge in [0.25, 0.3) is 5.97 Å². The van der Waals surface area contributed by atoms with Crippen LogP contribution in [0.3, 0.4) is 0 Å². The van der Waals surface area contributed by atoms with Crippen LogP contribution in [0.1, 0.15) is 6.92 Å². The summed E-state index contributed by atoms with van der Waals surface area (Å²) in [6.07, 6.45) is 0. The van der Waals surface area contributed by atoms with Crippen molar-refractivity contribution >= 4 is 42.2 Å². The van der Waals surface area contributed by atoms with Crippen molar-refractivity contribution < 1.29 is 27.4 Å². The first-order valence-corrected chi connectivity index (χ1v) is 3.02. The zero-order valence-electron chi connectivity index (χ0n) is 4.47. The molecule has 0 aromatic rings. The molecule has 0 unspecified atom stereocenters. The first-order chi connectivity index (χ1) is 3.73. The third-order valence-corrected chi connectivity index (χ3v) is 0. The van der Waals surface area contributed by atoms with E-state index in [2.05, 4.69) is 0 Å². The summed E-state index contributed by atoms with van der Waals surface area (Å²) >= 11 is 0. The average Bonchev–Trinajstić information content (AvgIpc) is 1.19. The molecule has 0 amide bonds. The molecule has 0 rings (SSSR count). The van der Waals surface area contributed by atoms with Crippen LogP contribution >= 0.6 is 0 Å². The first kappa shape index (κ1) is 16.7. The summed E-state index contributed by atoms with van der Waals surface area (Å²) in [7, 11) is -4.67. The molecule has 0 spiro atoms. The van der Waals surface area contributed by atoms with E-state index in [-0.39, 0.29) is 25.8 Å². The van der Waals surface area contributed by atoms with Crippen molar-refractivity contribution in [1.82, 2.24) is 0 Å². The van der Waals surface area contributed by atoms with Crippen LogP contribution in [0.2, 0.25) is 0 Å². The van der Waals surface area contributed by atoms with E-state index in [1.54, 1.807) is 0 Å². The van der Waals surface area contributed by atoms with E-state index in [9.17, 15) is 0 Å². The second kappa shape index (κ2) is 7.32. The van der Waals surface area contributed by atoms with Gasteiger partial charge in [-0.2, -0.15) is 8.42 Å². The number of carbonyl (C=O) groups is 1. The quantitative estimate of drug-likeness (QED) is 0.452. The molecule has 0 saturated heterocycles. The minimum absolute atomic E-state index is 0. The van der Waals surface area contributed by atoms with Crippen LogP contribution < -0.4 is 0 Å². The third kappa shape index (κ3) is 9670. The summed E-state index contributed by atoms with van der Waals surface area (Å²) in [5, 5.41) is 7.42. The van der Waals surface area contributed by atoms with Crippen molar-refractivity contribution in [3.05, 3.63) is 0 Å². The molecular weight excluding hydrogens is 267 g/mol. The fourth-order valence-electron chi connectivity index (χ4n) is 0. The Morgan fingerprint density at radius 3 is 1.30 bits per heavy atom. The molecule has 0 bridgehead atoms. The van der Waals surface area contributed by atoms with Crippen LogP contribution in [0, 0.1) is 0 Å². The molecular formula is C2H9InO6S. The van der Waals surface area contributed by atoms with Crippen LogP contribution in [0.5, 0.6) is 0 Å². The van der Waals surface area contributed by atoms with Gasteiger partial charge in [0.15, 0.2) is 0 Å². The van der Waals surface area contributed by atoms with E-state index in [0.717, 1.165) is 6.92 Å². The molecule has 10 heavy (non-hydrogen) atoms. The Kier molecular flexibility index (Phi) is 12.2. The van der Waals surface area contributed by atoms with Gasteiger partial charge >= 0.3 is 36.2 Å². The van der Waals surface area contributed by atoms with E-state index >= 15 is 0 Å². The van der Waals surface area contributed by atoms with Crippen LogP contribution in [-0.2, 0) is 15.2 Å². The van der Waals surface area contributed by atoms with E-state index in [4.69, 9.17) is 27.4 Å². The molecule has 0 aromatic carbocycles. The summed E-state index contributed by atoms with van der Waals surface area (Å²) in [5.41, 5.74) is 0. The Morgan fingerprint density at radius 1 is 1.30 bits per heavy atom. The predicted octanol–water partition coefficient (Wildman–Crippen LogP) is -1.75. The molecule has 6 nitrogen and oxygen atoms in total. The molecule has 3 N–H and O–H groups in total. The van der Waals surface area contributed by atoms with Gasteiger partial charge in [-0.25, -0.2) is 0 Å². The number of hydrogen-bond acceptors (Lipinski definition) is 3. The second-order valence-electron chi connectivity index (χ2n) is 0.967. The van der Waals surface area contributed by atoms with Gasteiger partial charge in [0, 0.05) is 6.92 Å². The van der Waals surface area contributed by atoms with Gasteiger partial charge in [0.2, 0.25) is 0 Å². The molecule has 0 radical (unpaired) electrons. The van der Waals surface area contributed by atoms with Gasteiger partial charge in [0.1, 0.15) is 0 Å². The number of aliphatic carboxylic acids is 1. The minimum atomic E-state index is -4.67. The van der Waals surface area contributed by atoms with Crippen LogP contribution in [0.25, 0.3) is 0 Å². The van der Waals surface area contributed by atoms with Crippen molar-refractivity contribution in [3.8, 4) is 0 Å². The van der Waals surface area contributed by atoms with Gasteiger partial charge in [-0.15, -0.1) is 0 Å². The van der Waals surface area contributed by atoms with Crippen molar-refractivity contribution in [1.29, 1.82) is 0 Å². The Labute approximate surface area is 76.6 Å². The van der Waals surface area contributed by atoms with Crippen molar-refractivity contribution in [3.63, 3.8) is 0 Å². The van der Waals surface area contributed by atoms with Gasteiger partial charge in [-0.05, 0) is 0 Å². The second-order valence-corrected chi connectivity index (χ2v) is 1.86. The molecule has 0 aromatic heterocycles. The monoisotopic (exact) mass is 276 g/mol. The summed E-state index contributed by atoms with van der Waals surface area (Å²) < 4.78 is 31.6. The Hall–Kier alpha value is 0.210. The SMILES string of the molecule is CC(=O)O.O=S(=O)(O)O.[InH3]. The van der Waals surface area contributed by atoms with Crippen LogP contribution in [0.15, 0.2) is 0 Å². The Balaban J connectivity index is -0.0000000910. The zero-order chi connectivity index (χ0) is 8.08. The van der Waals surface area contributed by atoms with Gasteiger partial charge in [-0.1, -0.05) is 0 Å². The van der Waals surface area contributed by atoms with E-state index in [1.807, 2.05) is 0 Å². The number of rotatable bonds is 0. The predicted molar refractivity (Wildman–Crippen MR) is 37.4 cm³/mol. The van der Waals surface area contributed by atoms with Crippen molar-refractivity contribution in [2.45, 2.75) is 6.92 Å². The van der Waals surface area contributed by atoms with Crippen molar-refractivity contribution in [2.75, 3.05) is 0 Å². The van der Waals surface area contributed by atoms with E-state index in [1.165, 1.54) is 0 Å². The molecule has 8 heteroatoms. The Morgan fingerprint density at radius 2 is 1.30 bits per heavy atom. The number of carboxylic acids is 1. The number of hydrogen-bond donors (Lipinski definition) is 3. The maximum absolute atomic E-state index is 9.00. The molecule has 0 saturated carbocycles. The normalized spacial score (nSPS) is 8.30. The summed E-state index contributed by atoms with van der Waals surface area (Å²) in [6.45, 7) is 1.08. The molecule has 0 aliphatic carbocycles. The maximum atomic E-state index is 9.00. The summed E-state index contributed by atoms with van der Waals surface area (Å²) in [6, 6.07) is 0. The van der Waals surface area contributed by atoms with Crippen LogP contribution in [-0.4, -0.2) is 54.4 Å². The van der Waals surface area contributed by atoms with Crippen LogP contribution in [0.4, 0.5) is 0 Å². The van der Waals surface area contributed by atoms with Gasteiger partial charge < -0.3 is 5.11 Å². The first-order valence-electron chi connectivity index (χ1n) is 1.63. The van der Waals surface area contributed by atoms with E-state index < -0.39 is 16.4 Å². The topological polar surface area (TPSA) is 112 Å². The van der Waals surface area contributed by atoms with Gasteiger partial charge in [0.05, 0.1) is 0 Å². The third-order valence-electron chi connectivity index (χ3n) is 0. The fourth-order valence-corrected chi connectivity index (χ4v) is 0. The average molecular weight is 276 g/mol. The molecule has 0 heterocycles. The zero-order valence-corrected chi connectivity index (χ0v) is 5.29. The molecule has 0 fully saturated rings. The van der Waals surface area contributed by atoms with Crippen molar-refractivity contribution in [2.24, 2.45) is 0 Å². The molecule has 0 aliphatic rings. The van der Waals surface area contributed by atoms with Gasteiger partial charge in [-0.3, -0.25) is 13.9 Å². The summed E-state index contributed by atoms with van der Waals surface area (Å²) in [4.78, 5) is 9.00. The number of carboxylic acid groups (broad SMARTS) is 1. The standard InChI is InChI=1S/C2H4O2.In.H2O4S.3H/c1-2(3)4;;1-5(2,3)4;;;/h1H3,(H,3,4);;(H2,1,2,3,4);;;. The molecule has 0 aliphatic heterocycles. The summed E-state index contributed by atoms with van der Waals surface area (Å²) in [5.74, 6) is -0.833. The molecule has 0 atom stereocenters. The van der Waals surface area contributed by atoms with E-state index in [0.29, 0.717) is 0 Å².